The number of furan rings is 1. The van der Waals surface area contributed by atoms with E-state index in [0.717, 1.165) is 0 Å². The van der Waals surface area contributed by atoms with Gasteiger partial charge >= 0.3 is 0 Å². The molecule has 0 fully saturated rings. The molecule has 0 radical (unpaired) electrons. The van der Waals surface area contributed by atoms with Crippen LogP contribution in [0.5, 0.6) is 0 Å². The first-order valence-corrected chi connectivity index (χ1v) is 5.99. The first-order valence-electron chi connectivity index (χ1n) is 4.42. The van der Waals surface area contributed by atoms with E-state index in [2.05, 4.69) is 0 Å². The van der Waals surface area contributed by atoms with Gasteiger partial charge in [0.2, 0.25) is 0 Å². The van der Waals surface area contributed by atoms with Crippen LogP contribution in [0.1, 0.15) is 16.7 Å². The molecule has 2 aromatic rings. The molecule has 0 saturated heterocycles. The van der Waals surface area contributed by atoms with Gasteiger partial charge in [-0.15, -0.1) is 11.6 Å². The van der Waals surface area contributed by atoms with Gasteiger partial charge < -0.3 is 4.42 Å². The van der Waals surface area contributed by atoms with Gasteiger partial charge in [0.15, 0.2) is 5.22 Å². The van der Waals surface area contributed by atoms with E-state index in [1.165, 1.54) is 0 Å². The first kappa shape index (κ1) is 12.1. The molecule has 84 valence electrons. The Morgan fingerprint density at radius 2 is 1.75 bits per heavy atom. The SMILES string of the molecule is Clc1ccc(Cl)c(C(Cl)c2ccc(Cl)o2)c1. The lowest BCUT2D eigenvalue weighted by atomic mass is 10.1. The van der Waals surface area contributed by atoms with Crippen molar-refractivity contribution in [1.29, 1.82) is 0 Å². The largest absolute Gasteiger partial charge is 0.448 e. The Hall–Kier alpha value is -0.340. The van der Waals surface area contributed by atoms with Crippen molar-refractivity contribution < 1.29 is 4.42 Å². The zero-order chi connectivity index (χ0) is 11.7. The maximum absolute atomic E-state index is 6.23. The Kier molecular flexibility index (Phi) is 3.70. The Morgan fingerprint density at radius 1 is 1.00 bits per heavy atom. The lowest BCUT2D eigenvalue weighted by molar-refractivity contribution is 0.518. The highest BCUT2D eigenvalue weighted by Gasteiger charge is 2.18. The molecular weight excluding hydrogens is 290 g/mol. The second-order valence-corrected chi connectivity index (χ2v) is 4.82. The maximum atomic E-state index is 6.23. The van der Waals surface area contributed by atoms with Crippen LogP contribution >= 0.6 is 46.4 Å². The fourth-order valence-corrected chi connectivity index (χ4v) is 2.24. The zero-order valence-electron chi connectivity index (χ0n) is 7.88. The number of halogens is 4. The predicted molar refractivity (Wildman–Crippen MR) is 67.9 cm³/mol. The summed E-state index contributed by atoms with van der Waals surface area (Å²) in [5.74, 6) is 0.538. The van der Waals surface area contributed by atoms with Crippen molar-refractivity contribution in [3.63, 3.8) is 0 Å². The second kappa shape index (κ2) is 4.89. The van der Waals surface area contributed by atoms with Gasteiger partial charge in [-0.1, -0.05) is 23.2 Å². The van der Waals surface area contributed by atoms with E-state index in [4.69, 9.17) is 50.8 Å². The molecule has 1 heterocycles. The summed E-state index contributed by atoms with van der Waals surface area (Å²) >= 11 is 23.8. The first-order chi connectivity index (χ1) is 7.58. The highest BCUT2D eigenvalue weighted by molar-refractivity contribution is 6.35. The molecule has 0 aliphatic heterocycles. The van der Waals surface area contributed by atoms with Gasteiger partial charge in [-0.2, -0.15) is 0 Å². The molecule has 1 unspecified atom stereocenters. The van der Waals surface area contributed by atoms with Crippen molar-refractivity contribution in [1.82, 2.24) is 0 Å². The van der Waals surface area contributed by atoms with Gasteiger partial charge in [0.1, 0.15) is 11.1 Å². The van der Waals surface area contributed by atoms with Crippen molar-refractivity contribution in [2.45, 2.75) is 5.38 Å². The molecule has 0 spiro atoms. The minimum absolute atomic E-state index is 0.291. The lowest BCUT2D eigenvalue weighted by Crippen LogP contribution is -1.92. The normalized spacial score (nSPS) is 12.8. The number of hydrogen-bond acceptors (Lipinski definition) is 1. The topological polar surface area (TPSA) is 13.1 Å². The molecule has 0 aliphatic carbocycles. The van der Waals surface area contributed by atoms with Crippen LogP contribution in [0.25, 0.3) is 0 Å². The Bertz CT molecular complexity index is 506. The van der Waals surface area contributed by atoms with Crippen LogP contribution in [0, 0.1) is 0 Å². The molecule has 1 aromatic carbocycles. The zero-order valence-corrected chi connectivity index (χ0v) is 10.9. The van der Waals surface area contributed by atoms with Gasteiger partial charge in [-0.05, 0) is 47.5 Å². The fraction of sp³-hybridized carbons (Fsp3) is 0.0909. The summed E-state index contributed by atoms with van der Waals surface area (Å²) in [5.41, 5.74) is 0.696. The van der Waals surface area contributed by atoms with Crippen molar-refractivity contribution in [3.8, 4) is 0 Å². The second-order valence-electron chi connectivity index (χ2n) is 3.17. The van der Waals surface area contributed by atoms with Crippen LogP contribution in [0.2, 0.25) is 15.3 Å². The van der Waals surface area contributed by atoms with Crippen molar-refractivity contribution in [2.24, 2.45) is 0 Å². The Balaban J connectivity index is 2.40. The van der Waals surface area contributed by atoms with Crippen LogP contribution in [0.4, 0.5) is 0 Å². The summed E-state index contributed by atoms with van der Waals surface area (Å²) < 4.78 is 5.23. The molecule has 0 saturated carbocycles. The lowest BCUT2D eigenvalue weighted by Gasteiger charge is -2.09. The minimum atomic E-state index is -0.501. The molecule has 0 N–H and O–H groups in total. The monoisotopic (exact) mass is 294 g/mol. The van der Waals surface area contributed by atoms with E-state index >= 15 is 0 Å². The molecule has 0 aliphatic rings. The summed E-state index contributed by atoms with van der Waals surface area (Å²) in [6.07, 6.45) is 0. The van der Waals surface area contributed by atoms with Crippen LogP contribution < -0.4 is 0 Å². The Morgan fingerprint density at radius 3 is 2.38 bits per heavy atom. The van der Waals surface area contributed by atoms with E-state index < -0.39 is 5.38 Å². The molecule has 5 heteroatoms. The third-order valence-electron chi connectivity index (χ3n) is 2.07. The Labute approximate surface area is 113 Å². The molecule has 2 rings (SSSR count). The third kappa shape index (κ3) is 2.49. The predicted octanol–water partition coefficient (Wildman–Crippen LogP) is 5.57. The number of rotatable bonds is 2. The number of benzene rings is 1. The van der Waals surface area contributed by atoms with E-state index in [1.54, 1.807) is 30.3 Å². The average molecular weight is 296 g/mol. The molecule has 0 amide bonds. The average Bonchev–Trinajstić information content (AvgIpc) is 2.67. The van der Waals surface area contributed by atoms with Crippen LogP contribution in [-0.4, -0.2) is 0 Å². The van der Waals surface area contributed by atoms with Gasteiger partial charge in [0.25, 0.3) is 0 Å². The van der Waals surface area contributed by atoms with E-state index in [0.29, 0.717) is 26.6 Å². The van der Waals surface area contributed by atoms with Gasteiger partial charge in [-0.25, -0.2) is 0 Å². The highest BCUT2D eigenvalue weighted by Crippen LogP contribution is 2.36. The van der Waals surface area contributed by atoms with Crippen LogP contribution in [0.3, 0.4) is 0 Å². The third-order valence-corrected chi connectivity index (χ3v) is 3.31. The maximum Gasteiger partial charge on any atom is 0.193 e. The standard InChI is InChI=1S/C11H6Cl4O/c12-6-1-2-8(13)7(5-6)11(15)9-3-4-10(14)16-9/h1-5,11H. The van der Waals surface area contributed by atoms with Crippen LogP contribution in [0.15, 0.2) is 34.7 Å². The molecule has 1 atom stereocenters. The van der Waals surface area contributed by atoms with Crippen molar-refractivity contribution >= 4 is 46.4 Å². The van der Waals surface area contributed by atoms with E-state index in [1.807, 2.05) is 0 Å². The minimum Gasteiger partial charge on any atom is -0.448 e. The summed E-state index contributed by atoms with van der Waals surface area (Å²) in [7, 11) is 0. The van der Waals surface area contributed by atoms with Crippen molar-refractivity contribution in [2.75, 3.05) is 0 Å². The fourth-order valence-electron chi connectivity index (χ4n) is 1.33. The van der Waals surface area contributed by atoms with E-state index in [-0.39, 0.29) is 0 Å². The number of alkyl halides is 1. The smallest absolute Gasteiger partial charge is 0.193 e. The summed E-state index contributed by atoms with van der Waals surface area (Å²) in [5, 5.41) is 0.900. The van der Waals surface area contributed by atoms with Gasteiger partial charge in [0, 0.05) is 10.0 Å². The van der Waals surface area contributed by atoms with Gasteiger partial charge in [0.05, 0.1) is 0 Å². The molecular formula is C11H6Cl4O. The summed E-state index contributed by atoms with van der Waals surface area (Å²) in [6.45, 7) is 0. The van der Waals surface area contributed by atoms with Crippen molar-refractivity contribution in [3.05, 3.63) is 56.9 Å². The van der Waals surface area contributed by atoms with Crippen LogP contribution in [-0.2, 0) is 0 Å². The number of hydrogen-bond donors (Lipinski definition) is 0. The summed E-state index contributed by atoms with van der Waals surface area (Å²) in [4.78, 5) is 0. The van der Waals surface area contributed by atoms with Gasteiger partial charge in [-0.3, -0.25) is 0 Å². The molecule has 16 heavy (non-hydrogen) atoms. The molecule has 0 bridgehead atoms. The van der Waals surface area contributed by atoms with E-state index in [9.17, 15) is 0 Å². The summed E-state index contributed by atoms with van der Waals surface area (Å²) in [6, 6.07) is 8.44. The molecule has 1 nitrogen and oxygen atoms in total. The molecule has 1 aromatic heterocycles. The highest BCUT2D eigenvalue weighted by atomic mass is 35.5. The quantitative estimate of drug-likeness (QED) is 0.660.